The summed E-state index contributed by atoms with van der Waals surface area (Å²) in [4.78, 5) is 0. The first-order valence-corrected chi connectivity index (χ1v) is 4.25. The highest BCUT2D eigenvalue weighted by molar-refractivity contribution is 5.83. The number of benzene rings is 2. The standard InChI is InChI=1S/C12H11O/c1-9-2-4-12-7-10(8-13)3-5-11(12)6-9/h2-7,13H,1,8H2. The third-order valence-electron chi connectivity index (χ3n) is 2.15. The van der Waals surface area contributed by atoms with Gasteiger partial charge in [-0.3, -0.25) is 0 Å². The SMILES string of the molecule is [CH2]c1ccc2cc(CO)ccc2c1. The Labute approximate surface area is 77.6 Å². The Hall–Kier alpha value is -1.34. The summed E-state index contributed by atoms with van der Waals surface area (Å²) in [5, 5.41) is 11.3. The van der Waals surface area contributed by atoms with Crippen molar-refractivity contribution >= 4 is 10.8 Å². The monoisotopic (exact) mass is 171 g/mol. The molecular formula is C12H11O. The minimum Gasteiger partial charge on any atom is -0.392 e. The van der Waals surface area contributed by atoms with E-state index in [1.807, 2.05) is 36.4 Å². The molecule has 0 saturated carbocycles. The number of hydrogen-bond donors (Lipinski definition) is 1. The summed E-state index contributed by atoms with van der Waals surface area (Å²) in [6, 6.07) is 12.0. The number of hydrogen-bond acceptors (Lipinski definition) is 1. The molecule has 0 amide bonds. The van der Waals surface area contributed by atoms with Crippen molar-refractivity contribution in [3.8, 4) is 0 Å². The first-order valence-electron chi connectivity index (χ1n) is 4.25. The van der Waals surface area contributed by atoms with Crippen molar-refractivity contribution in [3.05, 3.63) is 54.4 Å². The van der Waals surface area contributed by atoms with Crippen LogP contribution >= 0.6 is 0 Å². The molecule has 0 fully saturated rings. The molecule has 0 aliphatic heterocycles. The first kappa shape index (κ1) is 8.27. The molecule has 0 atom stereocenters. The second-order valence-corrected chi connectivity index (χ2v) is 3.17. The highest BCUT2D eigenvalue weighted by atomic mass is 16.3. The van der Waals surface area contributed by atoms with Crippen molar-refractivity contribution in [3.63, 3.8) is 0 Å². The topological polar surface area (TPSA) is 20.2 Å². The molecule has 0 aromatic heterocycles. The van der Waals surface area contributed by atoms with Crippen molar-refractivity contribution < 1.29 is 5.11 Å². The third-order valence-corrected chi connectivity index (χ3v) is 2.15. The van der Waals surface area contributed by atoms with Gasteiger partial charge in [-0.1, -0.05) is 30.3 Å². The van der Waals surface area contributed by atoms with Crippen molar-refractivity contribution in [1.29, 1.82) is 0 Å². The van der Waals surface area contributed by atoms with Gasteiger partial charge in [0, 0.05) is 0 Å². The molecule has 1 N–H and O–H groups in total. The molecule has 0 aliphatic carbocycles. The average Bonchev–Trinajstić information content (AvgIpc) is 2.17. The van der Waals surface area contributed by atoms with Crippen LogP contribution < -0.4 is 0 Å². The van der Waals surface area contributed by atoms with Crippen LogP contribution in [0, 0.1) is 6.92 Å². The fourth-order valence-electron chi connectivity index (χ4n) is 1.44. The Bertz CT molecular complexity index is 432. The van der Waals surface area contributed by atoms with E-state index in [0.29, 0.717) is 0 Å². The van der Waals surface area contributed by atoms with Crippen molar-refractivity contribution in [2.45, 2.75) is 6.61 Å². The molecule has 2 rings (SSSR count). The molecule has 0 heterocycles. The van der Waals surface area contributed by atoms with E-state index in [1.54, 1.807) is 0 Å². The second kappa shape index (κ2) is 3.19. The van der Waals surface area contributed by atoms with Crippen LogP contribution in [0.4, 0.5) is 0 Å². The summed E-state index contributed by atoms with van der Waals surface area (Å²) < 4.78 is 0. The summed E-state index contributed by atoms with van der Waals surface area (Å²) in [7, 11) is 0. The lowest BCUT2D eigenvalue weighted by atomic mass is 10.1. The Morgan fingerprint density at radius 2 is 1.69 bits per heavy atom. The van der Waals surface area contributed by atoms with E-state index in [0.717, 1.165) is 16.5 Å². The molecule has 0 spiro atoms. The zero-order chi connectivity index (χ0) is 9.26. The summed E-state index contributed by atoms with van der Waals surface area (Å²) in [6.07, 6.45) is 0. The van der Waals surface area contributed by atoms with Crippen LogP contribution in [0.15, 0.2) is 36.4 Å². The fourth-order valence-corrected chi connectivity index (χ4v) is 1.44. The summed E-state index contributed by atoms with van der Waals surface area (Å²) >= 11 is 0. The molecule has 0 bridgehead atoms. The Morgan fingerprint density at radius 3 is 2.46 bits per heavy atom. The predicted molar refractivity (Wildman–Crippen MR) is 54.3 cm³/mol. The van der Waals surface area contributed by atoms with Gasteiger partial charge in [-0.2, -0.15) is 0 Å². The van der Waals surface area contributed by atoms with Crippen molar-refractivity contribution in [2.24, 2.45) is 0 Å². The van der Waals surface area contributed by atoms with Crippen LogP contribution in [0.2, 0.25) is 0 Å². The van der Waals surface area contributed by atoms with Crippen LogP contribution in [0.5, 0.6) is 0 Å². The maximum Gasteiger partial charge on any atom is 0.0682 e. The zero-order valence-corrected chi connectivity index (χ0v) is 7.33. The van der Waals surface area contributed by atoms with Crippen LogP contribution in [-0.4, -0.2) is 5.11 Å². The normalized spacial score (nSPS) is 10.6. The highest BCUT2D eigenvalue weighted by Gasteiger charge is 1.95. The van der Waals surface area contributed by atoms with Gasteiger partial charge in [0.05, 0.1) is 6.61 Å². The van der Waals surface area contributed by atoms with E-state index in [9.17, 15) is 0 Å². The lowest BCUT2D eigenvalue weighted by Gasteiger charge is -2.01. The molecule has 2 aromatic carbocycles. The molecular weight excluding hydrogens is 160 g/mol. The largest absolute Gasteiger partial charge is 0.392 e. The predicted octanol–water partition coefficient (Wildman–Crippen LogP) is 2.51. The van der Waals surface area contributed by atoms with Gasteiger partial charge in [0.15, 0.2) is 0 Å². The second-order valence-electron chi connectivity index (χ2n) is 3.17. The smallest absolute Gasteiger partial charge is 0.0682 e. The lowest BCUT2D eigenvalue weighted by Crippen LogP contribution is -1.82. The first-order chi connectivity index (χ1) is 6.29. The van der Waals surface area contributed by atoms with E-state index in [-0.39, 0.29) is 6.61 Å². The van der Waals surface area contributed by atoms with Crippen LogP contribution in [0.1, 0.15) is 11.1 Å². The molecule has 0 aliphatic rings. The Kier molecular flexibility index (Phi) is 2.03. The van der Waals surface area contributed by atoms with Gasteiger partial charge in [0.1, 0.15) is 0 Å². The lowest BCUT2D eigenvalue weighted by molar-refractivity contribution is 0.282. The molecule has 2 aromatic rings. The van der Waals surface area contributed by atoms with Crippen LogP contribution in [-0.2, 0) is 6.61 Å². The molecule has 13 heavy (non-hydrogen) atoms. The van der Waals surface area contributed by atoms with Crippen LogP contribution in [0.25, 0.3) is 10.8 Å². The van der Waals surface area contributed by atoms with E-state index in [1.165, 1.54) is 5.39 Å². The number of fused-ring (bicyclic) bond motifs is 1. The molecule has 0 unspecified atom stereocenters. The van der Waals surface area contributed by atoms with Crippen LogP contribution in [0.3, 0.4) is 0 Å². The van der Waals surface area contributed by atoms with E-state index < -0.39 is 0 Å². The molecule has 1 nitrogen and oxygen atoms in total. The van der Waals surface area contributed by atoms with Gasteiger partial charge in [0.25, 0.3) is 0 Å². The van der Waals surface area contributed by atoms with Crippen molar-refractivity contribution in [1.82, 2.24) is 0 Å². The van der Waals surface area contributed by atoms with Gasteiger partial charge >= 0.3 is 0 Å². The Morgan fingerprint density at radius 1 is 1.00 bits per heavy atom. The zero-order valence-electron chi connectivity index (χ0n) is 7.33. The van der Waals surface area contributed by atoms with Gasteiger partial charge < -0.3 is 5.11 Å². The van der Waals surface area contributed by atoms with Gasteiger partial charge in [-0.15, -0.1) is 0 Å². The Balaban J connectivity index is 2.66. The van der Waals surface area contributed by atoms with E-state index in [4.69, 9.17) is 5.11 Å². The van der Waals surface area contributed by atoms with Gasteiger partial charge in [-0.05, 0) is 34.9 Å². The highest BCUT2D eigenvalue weighted by Crippen LogP contribution is 2.17. The van der Waals surface area contributed by atoms with Gasteiger partial charge in [0.2, 0.25) is 0 Å². The average molecular weight is 171 g/mol. The minimum absolute atomic E-state index is 0.0993. The van der Waals surface area contributed by atoms with E-state index in [2.05, 4.69) is 6.92 Å². The summed E-state index contributed by atoms with van der Waals surface area (Å²) in [5.41, 5.74) is 1.97. The molecule has 0 saturated heterocycles. The minimum atomic E-state index is 0.0993. The summed E-state index contributed by atoms with van der Waals surface area (Å²) in [5.74, 6) is 0. The summed E-state index contributed by atoms with van der Waals surface area (Å²) in [6.45, 7) is 3.96. The number of aliphatic hydroxyl groups is 1. The number of rotatable bonds is 1. The fraction of sp³-hybridized carbons (Fsp3) is 0.0833. The molecule has 1 heteroatoms. The third kappa shape index (κ3) is 1.56. The van der Waals surface area contributed by atoms with Crippen molar-refractivity contribution in [2.75, 3.05) is 0 Å². The maximum absolute atomic E-state index is 8.94. The quantitative estimate of drug-likeness (QED) is 0.699. The number of aliphatic hydroxyl groups excluding tert-OH is 1. The van der Waals surface area contributed by atoms with Gasteiger partial charge in [-0.25, -0.2) is 0 Å². The maximum atomic E-state index is 8.94. The molecule has 65 valence electrons. The van der Waals surface area contributed by atoms with E-state index >= 15 is 0 Å². The molecule has 1 radical (unpaired) electrons.